The molecule has 1 aliphatic rings. The lowest BCUT2D eigenvalue weighted by atomic mass is 10.0. The smallest absolute Gasteiger partial charge is 0.259 e. The van der Waals surface area contributed by atoms with Crippen molar-refractivity contribution in [3.05, 3.63) is 83.1 Å². The minimum Gasteiger partial charge on any atom is -0.509 e. The number of rotatable bonds is 5. The van der Waals surface area contributed by atoms with Crippen molar-refractivity contribution in [2.45, 2.75) is 18.9 Å². The monoisotopic (exact) mass is 307 g/mol. The zero-order chi connectivity index (χ0) is 16.2. The molecule has 0 saturated heterocycles. The molecule has 2 aromatic carbocycles. The molecule has 23 heavy (non-hydrogen) atoms. The second-order valence-corrected chi connectivity index (χ2v) is 5.56. The third-order valence-electron chi connectivity index (χ3n) is 3.89. The Labute approximate surface area is 134 Å². The lowest BCUT2D eigenvalue weighted by Crippen LogP contribution is -2.31. The van der Waals surface area contributed by atoms with Crippen molar-refractivity contribution in [3.63, 3.8) is 0 Å². The molecule has 116 valence electrons. The fourth-order valence-corrected chi connectivity index (χ4v) is 2.73. The van der Waals surface area contributed by atoms with E-state index < -0.39 is 11.9 Å². The second-order valence-electron chi connectivity index (χ2n) is 5.56. The number of ketones is 1. The Balaban J connectivity index is 1.77. The summed E-state index contributed by atoms with van der Waals surface area (Å²) < 4.78 is 0. The number of aliphatic hydroxyl groups is 1. The summed E-state index contributed by atoms with van der Waals surface area (Å²) in [5, 5.41) is 13.0. The highest BCUT2D eigenvalue weighted by molar-refractivity contribution is 6.21. The van der Waals surface area contributed by atoms with Gasteiger partial charge in [0.05, 0.1) is 6.04 Å². The number of amides is 1. The average Bonchev–Trinajstić information content (AvgIpc) is 2.83. The molecule has 1 unspecified atom stereocenters. The van der Waals surface area contributed by atoms with Crippen LogP contribution >= 0.6 is 0 Å². The Kier molecular flexibility index (Phi) is 4.24. The molecule has 0 fully saturated rings. The van der Waals surface area contributed by atoms with E-state index in [2.05, 4.69) is 5.32 Å². The summed E-state index contributed by atoms with van der Waals surface area (Å²) in [6.45, 7) is 0. The number of benzene rings is 2. The number of Topliss-reactive ketones (excluding diaryl/α,β-unsaturated/α-hetero) is 1. The van der Waals surface area contributed by atoms with Crippen LogP contribution in [-0.4, -0.2) is 22.8 Å². The van der Waals surface area contributed by atoms with E-state index in [1.54, 1.807) is 0 Å². The topological polar surface area (TPSA) is 66.4 Å². The third-order valence-corrected chi connectivity index (χ3v) is 3.89. The molecule has 0 radical (unpaired) electrons. The maximum absolute atomic E-state index is 12.4. The van der Waals surface area contributed by atoms with Crippen LogP contribution in [0.15, 0.2) is 72.0 Å². The Morgan fingerprint density at radius 3 is 2.13 bits per heavy atom. The summed E-state index contributed by atoms with van der Waals surface area (Å²) in [5.41, 5.74) is 1.69. The van der Waals surface area contributed by atoms with Gasteiger partial charge in [-0.25, -0.2) is 0 Å². The van der Waals surface area contributed by atoms with Gasteiger partial charge in [0.25, 0.3) is 5.91 Å². The SMILES string of the molecule is O=C(Cc1ccccc1)C1=C(O)C(Cc2ccccc2)NC1=O. The molecule has 1 amide bonds. The van der Waals surface area contributed by atoms with Gasteiger partial charge in [-0.1, -0.05) is 60.7 Å². The van der Waals surface area contributed by atoms with Crippen LogP contribution in [0.3, 0.4) is 0 Å². The van der Waals surface area contributed by atoms with Gasteiger partial charge in [0.1, 0.15) is 11.3 Å². The van der Waals surface area contributed by atoms with Crippen molar-refractivity contribution in [1.82, 2.24) is 5.32 Å². The molecule has 1 atom stereocenters. The minimum absolute atomic E-state index is 0.103. The summed E-state index contributed by atoms with van der Waals surface area (Å²) >= 11 is 0. The average molecular weight is 307 g/mol. The van der Waals surface area contributed by atoms with E-state index in [-0.39, 0.29) is 23.5 Å². The standard InChI is InChI=1S/C19H17NO3/c21-16(12-14-9-5-2-6-10-14)17-18(22)15(20-19(17)23)11-13-7-3-1-4-8-13/h1-10,15,22H,11-12H2,(H,20,23). The van der Waals surface area contributed by atoms with Crippen LogP contribution < -0.4 is 5.32 Å². The van der Waals surface area contributed by atoms with Crippen LogP contribution in [0.2, 0.25) is 0 Å². The first-order valence-corrected chi connectivity index (χ1v) is 7.50. The van der Waals surface area contributed by atoms with Crippen molar-refractivity contribution < 1.29 is 14.7 Å². The molecule has 0 aromatic heterocycles. The van der Waals surface area contributed by atoms with E-state index in [0.29, 0.717) is 6.42 Å². The molecule has 4 nitrogen and oxygen atoms in total. The first-order valence-electron chi connectivity index (χ1n) is 7.50. The largest absolute Gasteiger partial charge is 0.509 e. The van der Waals surface area contributed by atoms with Crippen LogP contribution in [0.25, 0.3) is 0 Å². The Hall–Kier alpha value is -2.88. The van der Waals surface area contributed by atoms with E-state index >= 15 is 0 Å². The van der Waals surface area contributed by atoms with Gasteiger partial charge in [-0.3, -0.25) is 9.59 Å². The lowest BCUT2D eigenvalue weighted by Gasteiger charge is -2.10. The maximum Gasteiger partial charge on any atom is 0.259 e. The number of hydrogen-bond acceptors (Lipinski definition) is 3. The van der Waals surface area contributed by atoms with Crippen molar-refractivity contribution in [2.75, 3.05) is 0 Å². The van der Waals surface area contributed by atoms with Gasteiger partial charge in [-0.2, -0.15) is 0 Å². The van der Waals surface area contributed by atoms with Gasteiger partial charge >= 0.3 is 0 Å². The van der Waals surface area contributed by atoms with Gasteiger partial charge in [0, 0.05) is 6.42 Å². The molecule has 0 spiro atoms. The third kappa shape index (κ3) is 3.31. The summed E-state index contributed by atoms with van der Waals surface area (Å²) in [4.78, 5) is 24.4. The number of nitrogens with one attached hydrogen (secondary N) is 1. The summed E-state index contributed by atoms with van der Waals surface area (Å²) in [5.74, 6) is -1.01. The minimum atomic E-state index is -0.542. The van der Waals surface area contributed by atoms with Crippen LogP contribution in [0.1, 0.15) is 11.1 Å². The lowest BCUT2D eigenvalue weighted by molar-refractivity contribution is -0.121. The maximum atomic E-state index is 12.4. The fourth-order valence-electron chi connectivity index (χ4n) is 2.73. The van der Waals surface area contributed by atoms with Crippen LogP contribution in [0, 0.1) is 0 Å². The Morgan fingerprint density at radius 1 is 0.957 bits per heavy atom. The van der Waals surface area contributed by atoms with E-state index in [0.717, 1.165) is 11.1 Å². The number of hydrogen-bond donors (Lipinski definition) is 2. The normalized spacial score (nSPS) is 17.2. The molecule has 0 bridgehead atoms. The zero-order valence-corrected chi connectivity index (χ0v) is 12.5. The number of carbonyl (C=O) groups is 2. The molecule has 2 aromatic rings. The summed E-state index contributed by atoms with van der Waals surface area (Å²) in [6.07, 6.45) is 0.562. The summed E-state index contributed by atoms with van der Waals surface area (Å²) in [7, 11) is 0. The second kappa shape index (κ2) is 6.48. The first-order chi connectivity index (χ1) is 11.1. The molecule has 3 rings (SSSR count). The molecular formula is C19H17NO3. The highest BCUT2D eigenvalue weighted by Crippen LogP contribution is 2.20. The van der Waals surface area contributed by atoms with Gasteiger partial charge in [0.2, 0.25) is 0 Å². The highest BCUT2D eigenvalue weighted by atomic mass is 16.3. The predicted octanol–water partition coefficient (Wildman–Crippen LogP) is 2.35. The molecular weight excluding hydrogens is 290 g/mol. The van der Waals surface area contributed by atoms with Crippen LogP contribution in [0.4, 0.5) is 0 Å². The highest BCUT2D eigenvalue weighted by Gasteiger charge is 2.35. The molecule has 2 N–H and O–H groups in total. The van der Waals surface area contributed by atoms with Crippen LogP contribution in [-0.2, 0) is 22.4 Å². The molecule has 1 heterocycles. The van der Waals surface area contributed by atoms with Crippen molar-refractivity contribution in [3.8, 4) is 0 Å². The summed E-state index contributed by atoms with van der Waals surface area (Å²) in [6, 6.07) is 18.2. The predicted molar refractivity (Wildman–Crippen MR) is 86.9 cm³/mol. The van der Waals surface area contributed by atoms with Gasteiger partial charge in [0.15, 0.2) is 5.78 Å². The first kappa shape index (κ1) is 15.0. The van der Waals surface area contributed by atoms with Gasteiger partial charge in [-0.15, -0.1) is 0 Å². The van der Waals surface area contributed by atoms with E-state index in [4.69, 9.17) is 0 Å². The van der Waals surface area contributed by atoms with Crippen molar-refractivity contribution in [2.24, 2.45) is 0 Å². The quantitative estimate of drug-likeness (QED) is 0.833. The number of carbonyl (C=O) groups excluding carboxylic acids is 2. The molecule has 0 aliphatic carbocycles. The number of aliphatic hydroxyl groups excluding tert-OH is 1. The van der Waals surface area contributed by atoms with E-state index in [9.17, 15) is 14.7 Å². The zero-order valence-electron chi connectivity index (χ0n) is 12.5. The van der Waals surface area contributed by atoms with Crippen molar-refractivity contribution in [1.29, 1.82) is 0 Å². The van der Waals surface area contributed by atoms with Crippen molar-refractivity contribution >= 4 is 11.7 Å². The van der Waals surface area contributed by atoms with E-state index in [1.165, 1.54) is 0 Å². The Morgan fingerprint density at radius 2 is 1.52 bits per heavy atom. The fraction of sp³-hybridized carbons (Fsp3) is 0.158. The van der Waals surface area contributed by atoms with Gasteiger partial charge < -0.3 is 10.4 Å². The molecule has 0 saturated carbocycles. The van der Waals surface area contributed by atoms with Gasteiger partial charge in [-0.05, 0) is 17.5 Å². The molecule has 4 heteroatoms. The Bertz CT molecular complexity index is 751. The van der Waals surface area contributed by atoms with Crippen LogP contribution in [0.5, 0.6) is 0 Å². The van der Waals surface area contributed by atoms with E-state index in [1.807, 2.05) is 60.7 Å². The molecule has 1 aliphatic heterocycles.